The Bertz CT molecular complexity index is 271. The first-order valence-electron chi connectivity index (χ1n) is 6.25. The minimum absolute atomic E-state index is 0.0943. The summed E-state index contributed by atoms with van der Waals surface area (Å²) in [6, 6.07) is -0.366. The number of carbonyl (C=O) groups excluding carboxylic acids is 1. The van der Waals surface area contributed by atoms with Crippen LogP contribution in [0.3, 0.4) is 0 Å². The molecule has 0 aromatic heterocycles. The number of nitrogens with zero attached hydrogens (tertiary/aromatic N) is 2. The summed E-state index contributed by atoms with van der Waals surface area (Å²) >= 11 is 0. The van der Waals surface area contributed by atoms with Gasteiger partial charge >= 0.3 is 12.0 Å². The van der Waals surface area contributed by atoms with Gasteiger partial charge in [-0.1, -0.05) is 6.92 Å². The summed E-state index contributed by atoms with van der Waals surface area (Å²) in [6.07, 6.45) is 0.721. The molecular weight excluding hydrogens is 236 g/mol. The lowest BCUT2D eigenvalue weighted by Gasteiger charge is -2.31. The molecule has 0 rings (SSSR count). The average Bonchev–Trinajstić information content (AvgIpc) is 2.34. The van der Waals surface area contributed by atoms with Crippen LogP contribution in [0.1, 0.15) is 27.2 Å². The molecule has 0 fully saturated rings. The zero-order chi connectivity index (χ0) is 14.1. The van der Waals surface area contributed by atoms with E-state index in [1.807, 2.05) is 20.8 Å². The third-order valence-electron chi connectivity index (χ3n) is 2.78. The van der Waals surface area contributed by atoms with Crippen molar-refractivity contribution in [3.8, 4) is 0 Å². The summed E-state index contributed by atoms with van der Waals surface area (Å²) < 4.78 is 5.17. The third kappa shape index (κ3) is 5.86. The number of carboxylic acids is 1. The van der Waals surface area contributed by atoms with E-state index >= 15 is 0 Å². The summed E-state index contributed by atoms with van der Waals surface area (Å²) in [7, 11) is 1.65. The molecule has 0 heterocycles. The van der Waals surface area contributed by atoms with E-state index in [0.717, 1.165) is 6.42 Å². The van der Waals surface area contributed by atoms with Gasteiger partial charge in [0.1, 0.15) is 6.54 Å². The Balaban J connectivity index is 4.48. The van der Waals surface area contributed by atoms with Gasteiger partial charge in [0.05, 0.1) is 6.61 Å². The summed E-state index contributed by atoms with van der Waals surface area (Å²) in [5, 5.41) is 8.84. The molecule has 0 saturated heterocycles. The van der Waals surface area contributed by atoms with Gasteiger partial charge in [-0.2, -0.15) is 0 Å². The van der Waals surface area contributed by atoms with Gasteiger partial charge < -0.3 is 19.6 Å². The maximum absolute atomic E-state index is 12.1. The zero-order valence-corrected chi connectivity index (χ0v) is 11.7. The molecule has 6 heteroatoms. The van der Waals surface area contributed by atoms with Crippen LogP contribution in [-0.4, -0.2) is 66.3 Å². The Labute approximate surface area is 109 Å². The molecule has 6 nitrogen and oxygen atoms in total. The van der Waals surface area contributed by atoms with E-state index < -0.39 is 5.97 Å². The molecule has 18 heavy (non-hydrogen) atoms. The Morgan fingerprint density at radius 2 is 1.94 bits per heavy atom. The van der Waals surface area contributed by atoms with Crippen LogP contribution < -0.4 is 0 Å². The number of carboxylic acid groups (broad SMARTS) is 1. The van der Waals surface area contributed by atoms with Crippen LogP contribution in [0.4, 0.5) is 4.79 Å². The molecule has 106 valence electrons. The lowest BCUT2D eigenvalue weighted by Crippen LogP contribution is -2.48. The Morgan fingerprint density at radius 1 is 1.33 bits per heavy atom. The molecule has 0 spiro atoms. The van der Waals surface area contributed by atoms with Crippen LogP contribution in [0.25, 0.3) is 0 Å². The monoisotopic (exact) mass is 260 g/mol. The predicted molar refractivity (Wildman–Crippen MR) is 68.6 cm³/mol. The zero-order valence-electron chi connectivity index (χ0n) is 11.7. The highest BCUT2D eigenvalue weighted by molar-refractivity contribution is 5.80. The average molecular weight is 260 g/mol. The summed E-state index contributed by atoms with van der Waals surface area (Å²) in [6.45, 7) is 6.90. The first-order chi connectivity index (χ1) is 8.43. The number of aliphatic carboxylic acids is 1. The van der Waals surface area contributed by atoms with Gasteiger partial charge in [-0.3, -0.25) is 4.79 Å². The highest BCUT2D eigenvalue weighted by Gasteiger charge is 2.24. The molecule has 0 radical (unpaired) electrons. The second-order valence-electron chi connectivity index (χ2n) is 4.18. The van der Waals surface area contributed by atoms with Crippen molar-refractivity contribution in [1.29, 1.82) is 0 Å². The van der Waals surface area contributed by atoms with Crippen molar-refractivity contribution in [2.75, 3.05) is 33.4 Å². The predicted octanol–water partition coefficient (Wildman–Crippen LogP) is 1.26. The van der Waals surface area contributed by atoms with Crippen molar-refractivity contribution in [2.24, 2.45) is 0 Å². The van der Waals surface area contributed by atoms with Crippen molar-refractivity contribution in [3.05, 3.63) is 0 Å². The van der Waals surface area contributed by atoms with Crippen molar-refractivity contribution in [1.82, 2.24) is 9.80 Å². The minimum Gasteiger partial charge on any atom is -0.480 e. The van der Waals surface area contributed by atoms with E-state index in [2.05, 4.69) is 0 Å². The van der Waals surface area contributed by atoms with Crippen LogP contribution in [0.2, 0.25) is 0 Å². The molecule has 0 aliphatic rings. The van der Waals surface area contributed by atoms with E-state index in [0.29, 0.717) is 19.8 Å². The van der Waals surface area contributed by atoms with Gasteiger partial charge in [0.15, 0.2) is 0 Å². The van der Waals surface area contributed by atoms with Gasteiger partial charge in [-0.25, -0.2) is 4.79 Å². The number of rotatable bonds is 8. The second kappa shape index (κ2) is 8.74. The third-order valence-corrected chi connectivity index (χ3v) is 2.78. The molecule has 0 bridgehead atoms. The largest absolute Gasteiger partial charge is 0.480 e. The number of hydrogen-bond donors (Lipinski definition) is 1. The number of carbonyl (C=O) groups is 2. The molecule has 2 amide bonds. The number of hydrogen-bond acceptors (Lipinski definition) is 3. The minimum atomic E-state index is -0.998. The van der Waals surface area contributed by atoms with Crippen molar-refractivity contribution in [3.63, 3.8) is 0 Å². The van der Waals surface area contributed by atoms with Crippen LogP contribution >= 0.6 is 0 Å². The van der Waals surface area contributed by atoms with Crippen molar-refractivity contribution in [2.45, 2.75) is 33.2 Å². The Morgan fingerprint density at radius 3 is 2.39 bits per heavy atom. The standard InChI is InChI=1S/C12H24N2O4/c1-5-10(3)14(9-11(15)16)12(17)13(4)7-8-18-6-2/h10H,5-9H2,1-4H3,(H,15,16). The molecule has 1 atom stereocenters. The molecule has 0 aliphatic heterocycles. The fraction of sp³-hybridized carbons (Fsp3) is 0.833. The number of urea groups is 1. The molecular formula is C12H24N2O4. The Kier molecular flexibility index (Phi) is 8.11. The maximum atomic E-state index is 12.1. The molecule has 0 aromatic carbocycles. The van der Waals surface area contributed by atoms with Crippen LogP contribution in [-0.2, 0) is 9.53 Å². The molecule has 0 aliphatic carbocycles. The van der Waals surface area contributed by atoms with Gasteiger partial charge in [0.2, 0.25) is 0 Å². The highest BCUT2D eigenvalue weighted by atomic mass is 16.5. The van der Waals surface area contributed by atoms with E-state index in [-0.39, 0.29) is 18.6 Å². The summed E-state index contributed by atoms with van der Waals surface area (Å²) in [5.74, 6) is -0.998. The van der Waals surface area contributed by atoms with Gasteiger partial charge in [-0.05, 0) is 20.3 Å². The molecule has 1 unspecified atom stereocenters. The van der Waals surface area contributed by atoms with E-state index in [4.69, 9.17) is 9.84 Å². The Hall–Kier alpha value is -1.30. The lowest BCUT2D eigenvalue weighted by atomic mass is 10.2. The number of likely N-dealkylation sites (N-methyl/N-ethyl adjacent to an activating group) is 1. The molecule has 0 saturated carbocycles. The molecule has 0 aromatic rings. The fourth-order valence-corrected chi connectivity index (χ4v) is 1.44. The van der Waals surface area contributed by atoms with Gasteiger partial charge in [0.25, 0.3) is 0 Å². The maximum Gasteiger partial charge on any atom is 0.323 e. The molecule has 1 N–H and O–H groups in total. The first-order valence-corrected chi connectivity index (χ1v) is 6.25. The van der Waals surface area contributed by atoms with Crippen molar-refractivity contribution < 1.29 is 19.4 Å². The van der Waals surface area contributed by atoms with Crippen molar-refractivity contribution >= 4 is 12.0 Å². The summed E-state index contributed by atoms with van der Waals surface area (Å²) in [5.41, 5.74) is 0. The first kappa shape index (κ1) is 16.7. The highest BCUT2D eigenvalue weighted by Crippen LogP contribution is 2.07. The van der Waals surface area contributed by atoms with E-state index in [1.54, 1.807) is 7.05 Å². The van der Waals surface area contributed by atoms with Crippen LogP contribution in [0, 0.1) is 0 Å². The van der Waals surface area contributed by atoms with E-state index in [9.17, 15) is 9.59 Å². The second-order valence-corrected chi connectivity index (χ2v) is 4.18. The fourth-order valence-electron chi connectivity index (χ4n) is 1.44. The normalized spacial score (nSPS) is 12.0. The number of ether oxygens (including phenoxy) is 1. The lowest BCUT2D eigenvalue weighted by molar-refractivity contribution is -0.138. The SMILES string of the molecule is CCOCCN(C)C(=O)N(CC(=O)O)C(C)CC. The van der Waals surface area contributed by atoms with E-state index in [1.165, 1.54) is 9.80 Å². The van der Waals surface area contributed by atoms with Gasteiger partial charge in [-0.15, -0.1) is 0 Å². The topological polar surface area (TPSA) is 70.1 Å². The smallest absolute Gasteiger partial charge is 0.323 e. The number of amides is 2. The van der Waals surface area contributed by atoms with Crippen LogP contribution in [0.5, 0.6) is 0 Å². The van der Waals surface area contributed by atoms with Crippen LogP contribution in [0.15, 0.2) is 0 Å². The quantitative estimate of drug-likeness (QED) is 0.667. The summed E-state index contributed by atoms with van der Waals surface area (Å²) in [4.78, 5) is 25.7. The van der Waals surface area contributed by atoms with Gasteiger partial charge in [0, 0.05) is 26.2 Å².